The standard InChI is InChI=1S/C10H19F3O/c1-3-5-6-9(4-2)7-14-8-10(11,12)13/h9H,3-8H2,1-2H3. The quantitative estimate of drug-likeness (QED) is 0.624. The van der Waals surface area contributed by atoms with E-state index >= 15 is 0 Å². The summed E-state index contributed by atoms with van der Waals surface area (Å²) in [6.45, 7) is 3.17. The Morgan fingerprint density at radius 2 is 1.86 bits per heavy atom. The number of alkyl halides is 3. The highest BCUT2D eigenvalue weighted by Crippen LogP contribution is 2.17. The zero-order valence-corrected chi connectivity index (χ0v) is 8.86. The van der Waals surface area contributed by atoms with Crippen LogP contribution in [0.5, 0.6) is 0 Å². The summed E-state index contributed by atoms with van der Waals surface area (Å²) in [6, 6.07) is 0. The number of ether oxygens (including phenoxy) is 1. The molecule has 0 aromatic rings. The third-order valence-corrected chi connectivity index (χ3v) is 2.16. The molecule has 1 nitrogen and oxygen atoms in total. The van der Waals surface area contributed by atoms with Gasteiger partial charge in [0.05, 0.1) is 0 Å². The Hall–Kier alpha value is -0.250. The van der Waals surface area contributed by atoms with Crippen LogP contribution in [0.3, 0.4) is 0 Å². The Morgan fingerprint density at radius 3 is 2.29 bits per heavy atom. The van der Waals surface area contributed by atoms with Gasteiger partial charge in [-0.2, -0.15) is 13.2 Å². The maximum Gasteiger partial charge on any atom is 0.411 e. The van der Waals surface area contributed by atoms with Gasteiger partial charge >= 0.3 is 6.18 Å². The second-order valence-electron chi connectivity index (χ2n) is 3.55. The molecule has 0 aliphatic carbocycles. The smallest absolute Gasteiger partial charge is 0.372 e. The zero-order chi connectivity index (χ0) is 11.0. The fourth-order valence-electron chi connectivity index (χ4n) is 1.24. The summed E-state index contributed by atoms with van der Waals surface area (Å²) in [7, 11) is 0. The molecule has 1 atom stereocenters. The highest BCUT2D eigenvalue weighted by Gasteiger charge is 2.27. The Balaban J connectivity index is 3.52. The normalized spacial score (nSPS) is 14.4. The first-order valence-electron chi connectivity index (χ1n) is 5.14. The summed E-state index contributed by atoms with van der Waals surface area (Å²) in [5.41, 5.74) is 0. The molecule has 0 saturated carbocycles. The predicted octanol–water partition coefficient (Wildman–Crippen LogP) is 3.78. The molecular weight excluding hydrogens is 193 g/mol. The van der Waals surface area contributed by atoms with Gasteiger partial charge in [-0.15, -0.1) is 0 Å². The van der Waals surface area contributed by atoms with Crippen LogP contribution in [0, 0.1) is 5.92 Å². The molecule has 0 saturated heterocycles. The van der Waals surface area contributed by atoms with Crippen LogP contribution in [0.15, 0.2) is 0 Å². The minimum Gasteiger partial charge on any atom is -0.372 e. The van der Waals surface area contributed by atoms with Crippen LogP contribution < -0.4 is 0 Å². The first-order valence-corrected chi connectivity index (χ1v) is 5.14. The Kier molecular flexibility index (Phi) is 6.97. The van der Waals surface area contributed by atoms with Crippen LogP contribution in [-0.2, 0) is 4.74 Å². The van der Waals surface area contributed by atoms with Crippen molar-refractivity contribution in [2.24, 2.45) is 5.92 Å². The van der Waals surface area contributed by atoms with Gasteiger partial charge < -0.3 is 4.74 Å². The maximum atomic E-state index is 11.7. The van der Waals surface area contributed by atoms with Gasteiger partial charge in [0.2, 0.25) is 0 Å². The van der Waals surface area contributed by atoms with Crippen LogP contribution in [0.2, 0.25) is 0 Å². The summed E-state index contributed by atoms with van der Waals surface area (Å²) in [4.78, 5) is 0. The average Bonchev–Trinajstić information content (AvgIpc) is 2.09. The number of unbranched alkanes of at least 4 members (excludes halogenated alkanes) is 1. The van der Waals surface area contributed by atoms with Crippen LogP contribution in [-0.4, -0.2) is 19.4 Å². The van der Waals surface area contributed by atoms with Gasteiger partial charge in [0.1, 0.15) is 6.61 Å². The Labute approximate surface area is 83.6 Å². The highest BCUT2D eigenvalue weighted by atomic mass is 19.4. The molecule has 14 heavy (non-hydrogen) atoms. The summed E-state index contributed by atoms with van der Waals surface area (Å²) in [5, 5.41) is 0. The van der Waals surface area contributed by atoms with E-state index in [4.69, 9.17) is 0 Å². The lowest BCUT2D eigenvalue weighted by atomic mass is 10.0. The van der Waals surface area contributed by atoms with Crippen LogP contribution in [0.1, 0.15) is 39.5 Å². The summed E-state index contributed by atoms with van der Waals surface area (Å²) in [6.07, 6.45) is -0.199. The molecular formula is C10H19F3O. The molecule has 86 valence electrons. The van der Waals surface area contributed by atoms with Crippen molar-refractivity contribution >= 4 is 0 Å². The van der Waals surface area contributed by atoms with Crippen molar-refractivity contribution in [2.75, 3.05) is 13.2 Å². The molecule has 0 N–H and O–H groups in total. The van der Waals surface area contributed by atoms with Crippen molar-refractivity contribution in [1.82, 2.24) is 0 Å². The summed E-state index contributed by atoms with van der Waals surface area (Å²) >= 11 is 0. The molecule has 0 amide bonds. The minimum absolute atomic E-state index is 0.232. The SMILES string of the molecule is CCCCC(CC)COCC(F)(F)F. The van der Waals surface area contributed by atoms with Gasteiger partial charge in [0.15, 0.2) is 0 Å². The fraction of sp³-hybridized carbons (Fsp3) is 1.00. The predicted molar refractivity (Wildman–Crippen MR) is 50.2 cm³/mol. The molecule has 0 heterocycles. The van der Waals surface area contributed by atoms with Gasteiger partial charge in [0.25, 0.3) is 0 Å². The monoisotopic (exact) mass is 212 g/mol. The van der Waals surface area contributed by atoms with Gasteiger partial charge in [0, 0.05) is 6.61 Å². The first kappa shape index (κ1) is 13.8. The van der Waals surface area contributed by atoms with Crippen LogP contribution in [0.25, 0.3) is 0 Å². The van der Waals surface area contributed by atoms with E-state index in [2.05, 4.69) is 11.7 Å². The summed E-state index contributed by atoms with van der Waals surface area (Å²) in [5.74, 6) is 0.275. The topological polar surface area (TPSA) is 9.23 Å². The van der Waals surface area contributed by atoms with E-state index in [9.17, 15) is 13.2 Å². The number of hydrogen-bond donors (Lipinski definition) is 0. The number of rotatable bonds is 7. The maximum absolute atomic E-state index is 11.7. The lowest BCUT2D eigenvalue weighted by molar-refractivity contribution is -0.176. The molecule has 0 radical (unpaired) electrons. The van der Waals surface area contributed by atoms with Crippen molar-refractivity contribution in [2.45, 2.75) is 45.7 Å². The molecule has 0 aromatic heterocycles. The fourth-order valence-corrected chi connectivity index (χ4v) is 1.24. The minimum atomic E-state index is -4.19. The molecule has 0 aliphatic heterocycles. The number of hydrogen-bond acceptors (Lipinski definition) is 1. The molecule has 0 spiro atoms. The van der Waals surface area contributed by atoms with E-state index in [-0.39, 0.29) is 12.5 Å². The second-order valence-corrected chi connectivity index (χ2v) is 3.55. The van der Waals surface area contributed by atoms with Crippen molar-refractivity contribution in [3.8, 4) is 0 Å². The molecule has 1 unspecified atom stereocenters. The van der Waals surface area contributed by atoms with Crippen LogP contribution >= 0.6 is 0 Å². The van der Waals surface area contributed by atoms with Gasteiger partial charge in [-0.1, -0.05) is 33.1 Å². The van der Waals surface area contributed by atoms with Crippen molar-refractivity contribution in [3.63, 3.8) is 0 Å². The molecule has 0 fully saturated rings. The van der Waals surface area contributed by atoms with E-state index in [1.54, 1.807) is 0 Å². The number of halogens is 3. The summed E-state index contributed by atoms with van der Waals surface area (Å²) < 4.78 is 39.8. The van der Waals surface area contributed by atoms with Gasteiger partial charge in [-0.25, -0.2) is 0 Å². The lowest BCUT2D eigenvalue weighted by Crippen LogP contribution is -2.20. The third-order valence-electron chi connectivity index (χ3n) is 2.16. The van der Waals surface area contributed by atoms with Crippen molar-refractivity contribution in [3.05, 3.63) is 0 Å². The van der Waals surface area contributed by atoms with Gasteiger partial charge in [-0.3, -0.25) is 0 Å². The highest BCUT2D eigenvalue weighted by molar-refractivity contribution is 4.57. The molecule has 4 heteroatoms. The zero-order valence-electron chi connectivity index (χ0n) is 8.86. The molecule has 0 bridgehead atoms. The first-order chi connectivity index (χ1) is 6.49. The molecule has 0 aliphatic rings. The molecule has 0 rings (SSSR count). The average molecular weight is 212 g/mol. The van der Waals surface area contributed by atoms with Crippen molar-refractivity contribution in [1.29, 1.82) is 0 Å². The van der Waals surface area contributed by atoms with E-state index < -0.39 is 12.8 Å². The Bertz CT molecular complexity index is 134. The lowest BCUT2D eigenvalue weighted by Gasteiger charge is -2.15. The second kappa shape index (κ2) is 7.10. The van der Waals surface area contributed by atoms with Gasteiger partial charge in [-0.05, 0) is 12.3 Å². The van der Waals surface area contributed by atoms with E-state index in [0.717, 1.165) is 25.7 Å². The van der Waals surface area contributed by atoms with E-state index in [0.29, 0.717) is 0 Å². The van der Waals surface area contributed by atoms with Crippen LogP contribution in [0.4, 0.5) is 13.2 Å². The Morgan fingerprint density at radius 1 is 1.21 bits per heavy atom. The van der Waals surface area contributed by atoms with E-state index in [1.165, 1.54) is 0 Å². The molecule has 0 aromatic carbocycles. The largest absolute Gasteiger partial charge is 0.411 e. The van der Waals surface area contributed by atoms with E-state index in [1.807, 2.05) is 6.92 Å². The third kappa shape index (κ3) is 8.35. The van der Waals surface area contributed by atoms with Crippen molar-refractivity contribution < 1.29 is 17.9 Å².